The average Bonchev–Trinajstić information content (AvgIpc) is 2.62. The Kier molecular flexibility index (Phi) is 13.1. The zero-order valence-corrected chi connectivity index (χ0v) is 18.7. The second kappa shape index (κ2) is 14.4. The van der Waals surface area contributed by atoms with E-state index in [0.29, 0.717) is 0 Å². The summed E-state index contributed by atoms with van der Waals surface area (Å²) in [6, 6.07) is 0. The lowest BCUT2D eigenvalue weighted by Crippen LogP contribution is -2.45. The van der Waals surface area contributed by atoms with Gasteiger partial charge in [-0.1, -0.05) is 71.1 Å². The normalized spacial score (nSPS) is 20.7. The number of quaternary nitrogens is 1. The van der Waals surface area contributed by atoms with Crippen LogP contribution in [-0.4, -0.2) is 42.7 Å². The fourth-order valence-electron chi connectivity index (χ4n) is 4.76. The maximum absolute atomic E-state index is 11.1. The van der Waals surface area contributed by atoms with Gasteiger partial charge in [0, 0.05) is 5.92 Å². The van der Waals surface area contributed by atoms with Gasteiger partial charge in [0.15, 0.2) is 0 Å². The van der Waals surface area contributed by atoms with E-state index in [1.807, 2.05) is 0 Å². The van der Waals surface area contributed by atoms with Crippen molar-refractivity contribution in [2.75, 3.05) is 27.2 Å². The molecule has 0 aromatic carbocycles. The number of hydrogen-bond donors (Lipinski definition) is 1. The van der Waals surface area contributed by atoms with Crippen molar-refractivity contribution in [3.05, 3.63) is 0 Å². The minimum atomic E-state index is -0.585. The third-order valence-corrected chi connectivity index (χ3v) is 6.57. The van der Waals surface area contributed by atoms with E-state index in [2.05, 4.69) is 21.0 Å². The first-order valence-corrected chi connectivity index (χ1v) is 12.0. The lowest BCUT2D eigenvalue weighted by atomic mass is 9.81. The molecule has 27 heavy (non-hydrogen) atoms. The standard InChI is InChI=1S/C24H47NO2/c1-4-5-6-7-8-9-10-11-12-13-14-15-20-25(2,3)21-22-16-18-23(19-17-22)24(26)27/h22-23H,4-21H2,1-3H3/p+1. The molecule has 1 saturated carbocycles. The summed E-state index contributed by atoms with van der Waals surface area (Å²) in [5, 5.41) is 9.13. The van der Waals surface area contributed by atoms with Gasteiger partial charge in [-0.05, 0) is 38.5 Å². The van der Waals surface area contributed by atoms with Crippen LogP contribution in [0.2, 0.25) is 0 Å². The highest BCUT2D eigenvalue weighted by Gasteiger charge is 2.29. The van der Waals surface area contributed by atoms with Crippen LogP contribution < -0.4 is 0 Å². The molecule has 3 nitrogen and oxygen atoms in total. The maximum atomic E-state index is 11.1. The number of carboxylic acids is 1. The summed E-state index contributed by atoms with van der Waals surface area (Å²) in [7, 11) is 4.73. The summed E-state index contributed by atoms with van der Waals surface area (Å²) in [5.41, 5.74) is 0. The van der Waals surface area contributed by atoms with Gasteiger partial charge in [-0.3, -0.25) is 4.79 Å². The number of carboxylic acid groups (broad SMARTS) is 1. The van der Waals surface area contributed by atoms with E-state index < -0.39 is 5.97 Å². The summed E-state index contributed by atoms with van der Waals surface area (Å²) in [6.45, 7) is 4.78. The smallest absolute Gasteiger partial charge is 0.306 e. The highest BCUT2D eigenvalue weighted by atomic mass is 16.4. The third kappa shape index (κ3) is 12.5. The van der Waals surface area contributed by atoms with Crippen LogP contribution in [0.4, 0.5) is 0 Å². The Morgan fingerprint density at radius 1 is 0.778 bits per heavy atom. The van der Waals surface area contributed by atoms with Crippen molar-refractivity contribution in [2.24, 2.45) is 11.8 Å². The molecule has 1 fully saturated rings. The first kappa shape index (κ1) is 24.5. The van der Waals surface area contributed by atoms with E-state index >= 15 is 0 Å². The summed E-state index contributed by atoms with van der Waals surface area (Å²) in [6.07, 6.45) is 20.9. The minimum Gasteiger partial charge on any atom is -0.481 e. The highest BCUT2D eigenvalue weighted by molar-refractivity contribution is 5.69. The zero-order valence-electron chi connectivity index (χ0n) is 18.7. The molecule has 1 N–H and O–H groups in total. The van der Waals surface area contributed by atoms with Gasteiger partial charge in [-0.2, -0.15) is 0 Å². The van der Waals surface area contributed by atoms with Crippen molar-refractivity contribution in [3.63, 3.8) is 0 Å². The van der Waals surface area contributed by atoms with Crippen LogP contribution in [0.1, 0.15) is 110 Å². The summed E-state index contributed by atoms with van der Waals surface area (Å²) < 4.78 is 1.11. The first-order valence-electron chi connectivity index (χ1n) is 12.0. The van der Waals surface area contributed by atoms with Crippen molar-refractivity contribution in [1.29, 1.82) is 0 Å². The lowest BCUT2D eigenvalue weighted by Gasteiger charge is -2.36. The van der Waals surface area contributed by atoms with E-state index in [1.54, 1.807) is 0 Å². The maximum Gasteiger partial charge on any atom is 0.306 e. The Morgan fingerprint density at radius 3 is 1.67 bits per heavy atom. The fraction of sp³-hybridized carbons (Fsp3) is 0.958. The van der Waals surface area contributed by atoms with Crippen LogP contribution in [0.15, 0.2) is 0 Å². The van der Waals surface area contributed by atoms with Gasteiger partial charge in [0.2, 0.25) is 0 Å². The molecule has 0 heterocycles. The molecule has 0 aromatic rings. The first-order chi connectivity index (χ1) is 12.9. The summed E-state index contributed by atoms with van der Waals surface area (Å²) in [4.78, 5) is 11.1. The fourth-order valence-corrected chi connectivity index (χ4v) is 4.76. The molecule has 0 amide bonds. The molecule has 0 unspecified atom stereocenters. The Hall–Kier alpha value is -0.570. The summed E-state index contributed by atoms with van der Waals surface area (Å²) >= 11 is 0. The molecule has 0 atom stereocenters. The van der Waals surface area contributed by atoms with E-state index in [1.165, 1.54) is 90.1 Å². The quantitative estimate of drug-likeness (QED) is 0.239. The van der Waals surface area contributed by atoms with Crippen molar-refractivity contribution in [1.82, 2.24) is 0 Å². The van der Waals surface area contributed by atoms with Crippen LogP contribution in [0, 0.1) is 11.8 Å². The lowest BCUT2D eigenvalue weighted by molar-refractivity contribution is -0.894. The zero-order chi connectivity index (χ0) is 20.0. The van der Waals surface area contributed by atoms with Gasteiger partial charge in [0.05, 0.1) is 33.1 Å². The van der Waals surface area contributed by atoms with E-state index in [4.69, 9.17) is 5.11 Å². The molecule has 1 rings (SSSR count). The van der Waals surface area contributed by atoms with Gasteiger partial charge >= 0.3 is 5.97 Å². The topological polar surface area (TPSA) is 37.3 Å². The molecule has 0 aliphatic heterocycles. The molecule has 1 aliphatic rings. The molecule has 0 radical (unpaired) electrons. The molecule has 3 heteroatoms. The number of hydrogen-bond acceptors (Lipinski definition) is 1. The molecule has 0 saturated heterocycles. The molecule has 160 valence electrons. The van der Waals surface area contributed by atoms with Crippen molar-refractivity contribution in [2.45, 2.75) is 110 Å². The number of rotatable bonds is 16. The predicted molar refractivity (Wildman–Crippen MR) is 116 cm³/mol. The molecular formula is C24H48NO2+. The van der Waals surface area contributed by atoms with Crippen LogP contribution >= 0.6 is 0 Å². The highest BCUT2D eigenvalue weighted by Crippen LogP contribution is 2.30. The van der Waals surface area contributed by atoms with Crippen LogP contribution in [0.3, 0.4) is 0 Å². The monoisotopic (exact) mass is 382 g/mol. The largest absolute Gasteiger partial charge is 0.481 e. The number of carbonyl (C=O) groups is 1. The summed E-state index contributed by atoms with van der Waals surface area (Å²) in [5.74, 6) is 0.0693. The Bertz CT molecular complexity index is 373. The third-order valence-electron chi connectivity index (χ3n) is 6.57. The second-order valence-corrected chi connectivity index (χ2v) is 9.79. The van der Waals surface area contributed by atoms with Crippen LogP contribution in [-0.2, 0) is 4.79 Å². The van der Waals surface area contributed by atoms with Gasteiger partial charge in [-0.25, -0.2) is 0 Å². The molecule has 0 bridgehead atoms. The second-order valence-electron chi connectivity index (χ2n) is 9.79. The molecule has 1 aliphatic carbocycles. The van der Waals surface area contributed by atoms with E-state index in [-0.39, 0.29) is 5.92 Å². The number of unbranched alkanes of at least 4 members (excludes halogenated alkanes) is 11. The average molecular weight is 383 g/mol. The van der Waals surface area contributed by atoms with Gasteiger partial charge < -0.3 is 9.59 Å². The molecule has 0 aromatic heterocycles. The van der Waals surface area contributed by atoms with Crippen LogP contribution in [0.5, 0.6) is 0 Å². The Balaban J connectivity index is 1.95. The van der Waals surface area contributed by atoms with Gasteiger partial charge in [0.1, 0.15) is 0 Å². The number of aliphatic carboxylic acids is 1. The van der Waals surface area contributed by atoms with Crippen molar-refractivity contribution >= 4 is 5.97 Å². The Morgan fingerprint density at radius 2 is 1.22 bits per heavy atom. The van der Waals surface area contributed by atoms with E-state index in [9.17, 15) is 4.79 Å². The molecule has 0 spiro atoms. The Labute approximate surface area is 169 Å². The van der Waals surface area contributed by atoms with Gasteiger partial charge in [-0.15, -0.1) is 0 Å². The molecular weight excluding hydrogens is 334 g/mol. The minimum absolute atomic E-state index is 0.0757. The predicted octanol–water partition coefficient (Wildman–Crippen LogP) is 6.65. The SMILES string of the molecule is CCCCCCCCCCCCCC[N+](C)(C)CC1CCC(C(=O)O)CC1. The number of nitrogens with zero attached hydrogens (tertiary/aromatic N) is 1. The van der Waals surface area contributed by atoms with Crippen molar-refractivity contribution < 1.29 is 14.4 Å². The van der Waals surface area contributed by atoms with Gasteiger partial charge in [0.25, 0.3) is 0 Å². The van der Waals surface area contributed by atoms with Crippen LogP contribution in [0.25, 0.3) is 0 Å². The van der Waals surface area contributed by atoms with Crippen molar-refractivity contribution in [3.8, 4) is 0 Å². The van der Waals surface area contributed by atoms with E-state index in [0.717, 1.165) is 36.1 Å².